The second-order valence-electron chi connectivity index (χ2n) is 8.27. The minimum absolute atomic E-state index is 0.110. The number of carbonyl (C=O) groups excluding carboxylic acids is 1. The highest BCUT2D eigenvalue weighted by atomic mass is 19.1. The molecule has 152 valence electrons. The van der Waals surface area contributed by atoms with E-state index in [0.29, 0.717) is 24.4 Å². The van der Waals surface area contributed by atoms with Gasteiger partial charge in [-0.15, -0.1) is 0 Å². The van der Waals surface area contributed by atoms with Gasteiger partial charge in [-0.25, -0.2) is 13.6 Å². The maximum atomic E-state index is 14.7. The van der Waals surface area contributed by atoms with Crippen molar-refractivity contribution in [3.8, 4) is 0 Å². The second kappa shape index (κ2) is 7.41. The lowest BCUT2D eigenvalue weighted by molar-refractivity contribution is -0.0463. The number of carbonyl (C=O) groups is 1. The summed E-state index contributed by atoms with van der Waals surface area (Å²) >= 11 is 0. The van der Waals surface area contributed by atoms with Crippen molar-refractivity contribution in [1.29, 1.82) is 0 Å². The van der Waals surface area contributed by atoms with Gasteiger partial charge in [0, 0.05) is 24.7 Å². The Balaban J connectivity index is 1.47. The molecule has 4 aliphatic rings. The van der Waals surface area contributed by atoms with E-state index in [9.17, 15) is 13.6 Å². The number of rotatable bonds is 2. The Bertz CT molecular complexity index is 927. The molecule has 2 aromatic rings. The second-order valence-corrected chi connectivity index (χ2v) is 8.27. The fourth-order valence-corrected chi connectivity index (χ4v) is 5.06. The predicted octanol–water partition coefficient (Wildman–Crippen LogP) is 4.14. The zero-order chi connectivity index (χ0) is 20.0. The highest BCUT2D eigenvalue weighted by Crippen LogP contribution is 2.38. The number of ether oxygens (including phenoxy) is 1. The lowest BCUT2D eigenvalue weighted by Crippen LogP contribution is -2.53. The number of piperidine rings is 3. The number of fused-ring (bicyclic) bond motifs is 4. The summed E-state index contributed by atoms with van der Waals surface area (Å²) in [6.45, 7) is 3.35. The highest BCUT2D eigenvalue weighted by Gasteiger charge is 2.40. The molecule has 2 aromatic carbocycles. The fourth-order valence-electron chi connectivity index (χ4n) is 5.06. The van der Waals surface area contributed by atoms with E-state index in [2.05, 4.69) is 4.90 Å². The molecule has 0 saturated carbocycles. The molecular formula is C23H24F2N2O2. The fraction of sp³-hybridized carbons (Fsp3) is 0.435. The molecule has 4 nitrogen and oxygen atoms in total. The Hall–Kier alpha value is -2.47. The number of nitrogens with zero attached hydrogens (tertiary/aromatic N) is 2. The van der Waals surface area contributed by atoms with Crippen molar-refractivity contribution in [2.24, 2.45) is 5.92 Å². The first kappa shape index (κ1) is 18.6. The number of hydrogen-bond acceptors (Lipinski definition) is 3. The summed E-state index contributed by atoms with van der Waals surface area (Å²) in [5.41, 5.74) is 2.24. The monoisotopic (exact) mass is 398 g/mol. The number of halogens is 2. The molecular weight excluding hydrogens is 374 g/mol. The minimum Gasteiger partial charge on any atom is -0.444 e. The maximum absolute atomic E-state index is 14.7. The molecule has 0 radical (unpaired) electrons. The number of benzene rings is 2. The third-order valence-corrected chi connectivity index (χ3v) is 6.62. The van der Waals surface area contributed by atoms with Crippen LogP contribution in [0, 0.1) is 17.6 Å². The van der Waals surface area contributed by atoms with Gasteiger partial charge in [0.25, 0.3) is 0 Å². The van der Waals surface area contributed by atoms with Gasteiger partial charge in [0.15, 0.2) is 0 Å². The summed E-state index contributed by atoms with van der Waals surface area (Å²) in [6.07, 6.45) is 2.27. The molecule has 6 rings (SSSR count). The van der Waals surface area contributed by atoms with Crippen LogP contribution in [0.25, 0.3) is 0 Å². The van der Waals surface area contributed by atoms with Crippen LogP contribution in [0.2, 0.25) is 0 Å². The number of hydrogen-bond donors (Lipinski definition) is 0. The average Bonchev–Trinajstić information content (AvgIpc) is 2.74. The highest BCUT2D eigenvalue weighted by molar-refractivity contribution is 5.70. The summed E-state index contributed by atoms with van der Waals surface area (Å²) in [4.78, 5) is 17.1. The van der Waals surface area contributed by atoms with Gasteiger partial charge in [0.1, 0.15) is 17.7 Å². The molecule has 6 heteroatoms. The Labute approximate surface area is 169 Å². The van der Waals surface area contributed by atoms with Gasteiger partial charge in [-0.2, -0.15) is 0 Å². The van der Waals surface area contributed by atoms with E-state index in [1.165, 1.54) is 12.1 Å². The van der Waals surface area contributed by atoms with Crippen LogP contribution in [0.1, 0.15) is 35.6 Å². The lowest BCUT2D eigenvalue weighted by atomic mass is 9.86. The number of amides is 1. The van der Waals surface area contributed by atoms with Gasteiger partial charge < -0.3 is 4.74 Å². The lowest BCUT2D eigenvalue weighted by Gasteiger charge is -2.45. The van der Waals surface area contributed by atoms with E-state index in [4.69, 9.17) is 4.74 Å². The molecule has 0 unspecified atom stereocenters. The van der Waals surface area contributed by atoms with Crippen molar-refractivity contribution in [2.45, 2.75) is 31.4 Å². The van der Waals surface area contributed by atoms with E-state index in [1.807, 2.05) is 24.3 Å². The third kappa shape index (κ3) is 3.39. The van der Waals surface area contributed by atoms with Crippen molar-refractivity contribution in [2.75, 3.05) is 26.2 Å². The quantitative estimate of drug-likeness (QED) is 0.762. The van der Waals surface area contributed by atoms with Crippen LogP contribution in [0.15, 0.2) is 42.5 Å². The standard InChI is InChI=1S/C23H24F2N2O2/c24-17-5-6-19(20(25)13-17)22-18-4-2-1-3-15(18)9-12-27(22)23(28)29-21-14-26-10-7-16(21)8-11-26/h1-6,13,16,21-22H,7-12,14H2/t21-,22+/m1/s1. The molecule has 0 spiro atoms. The van der Waals surface area contributed by atoms with Crippen molar-refractivity contribution in [3.63, 3.8) is 0 Å². The molecule has 2 bridgehead atoms. The van der Waals surface area contributed by atoms with Crippen LogP contribution >= 0.6 is 0 Å². The third-order valence-electron chi connectivity index (χ3n) is 6.62. The predicted molar refractivity (Wildman–Crippen MR) is 104 cm³/mol. The summed E-state index contributed by atoms with van der Waals surface area (Å²) in [5, 5.41) is 0. The summed E-state index contributed by atoms with van der Waals surface area (Å²) < 4.78 is 34.2. The van der Waals surface area contributed by atoms with E-state index < -0.39 is 23.8 Å². The molecule has 0 aromatic heterocycles. The molecule has 0 aliphatic carbocycles. The Morgan fingerprint density at radius 3 is 2.52 bits per heavy atom. The first-order valence-electron chi connectivity index (χ1n) is 10.3. The van der Waals surface area contributed by atoms with Crippen molar-refractivity contribution >= 4 is 6.09 Å². The molecule has 1 amide bonds. The van der Waals surface area contributed by atoms with Gasteiger partial charge in [-0.1, -0.05) is 30.3 Å². The largest absolute Gasteiger partial charge is 0.444 e. The Kier molecular flexibility index (Phi) is 4.74. The summed E-state index contributed by atoms with van der Waals surface area (Å²) in [5.74, 6) is -0.869. The van der Waals surface area contributed by atoms with E-state index in [1.54, 1.807) is 4.90 Å². The smallest absolute Gasteiger partial charge is 0.410 e. The minimum atomic E-state index is -0.646. The van der Waals surface area contributed by atoms with Crippen LogP contribution in [0.5, 0.6) is 0 Å². The Morgan fingerprint density at radius 1 is 1.00 bits per heavy atom. The topological polar surface area (TPSA) is 32.8 Å². The van der Waals surface area contributed by atoms with Gasteiger partial charge in [-0.05, 0) is 55.5 Å². The first-order valence-corrected chi connectivity index (χ1v) is 10.3. The van der Waals surface area contributed by atoms with E-state index in [0.717, 1.165) is 49.7 Å². The molecule has 0 N–H and O–H groups in total. The Morgan fingerprint density at radius 2 is 1.79 bits per heavy atom. The molecule has 2 atom stereocenters. The maximum Gasteiger partial charge on any atom is 0.410 e. The van der Waals surface area contributed by atoms with E-state index in [-0.39, 0.29) is 6.10 Å². The zero-order valence-corrected chi connectivity index (χ0v) is 16.2. The zero-order valence-electron chi connectivity index (χ0n) is 16.2. The summed E-state index contributed by atoms with van der Waals surface area (Å²) in [6, 6.07) is 10.7. The van der Waals surface area contributed by atoms with Crippen LogP contribution in [-0.2, 0) is 11.2 Å². The van der Waals surface area contributed by atoms with Crippen molar-refractivity contribution < 1.29 is 18.3 Å². The molecule has 3 fully saturated rings. The van der Waals surface area contributed by atoms with Crippen LogP contribution < -0.4 is 0 Å². The normalized spacial score (nSPS) is 28.1. The van der Waals surface area contributed by atoms with Crippen molar-refractivity contribution in [1.82, 2.24) is 9.80 Å². The van der Waals surface area contributed by atoms with Crippen LogP contribution in [-0.4, -0.2) is 48.2 Å². The SMILES string of the molecule is O=C(O[C@@H]1CN2CCC1CC2)N1CCc2ccccc2[C@H]1c1ccc(F)cc1F. The van der Waals surface area contributed by atoms with Crippen molar-refractivity contribution in [3.05, 3.63) is 70.8 Å². The summed E-state index contributed by atoms with van der Waals surface area (Å²) in [7, 11) is 0. The van der Waals surface area contributed by atoms with Gasteiger partial charge >= 0.3 is 6.09 Å². The molecule has 4 aliphatic heterocycles. The van der Waals surface area contributed by atoms with Gasteiger partial charge in [0.05, 0.1) is 6.04 Å². The van der Waals surface area contributed by atoms with Crippen LogP contribution in [0.3, 0.4) is 0 Å². The molecule has 4 heterocycles. The molecule has 3 saturated heterocycles. The molecule has 29 heavy (non-hydrogen) atoms. The first-order chi connectivity index (χ1) is 14.1. The van der Waals surface area contributed by atoms with Gasteiger partial charge in [0.2, 0.25) is 0 Å². The van der Waals surface area contributed by atoms with Crippen LogP contribution in [0.4, 0.5) is 13.6 Å². The van der Waals surface area contributed by atoms with Gasteiger partial charge in [-0.3, -0.25) is 9.80 Å². The van der Waals surface area contributed by atoms with E-state index >= 15 is 0 Å². The average molecular weight is 398 g/mol.